The van der Waals surface area contributed by atoms with E-state index in [4.69, 9.17) is 0 Å². The van der Waals surface area contributed by atoms with E-state index in [0.717, 1.165) is 40.3 Å². The Balaban J connectivity index is 2.07. The lowest BCUT2D eigenvalue weighted by Crippen LogP contribution is -2.37. The summed E-state index contributed by atoms with van der Waals surface area (Å²) in [5.41, 5.74) is 3.73. The number of anilines is 1. The summed E-state index contributed by atoms with van der Waals surface area (Å²) in [7, 11) is -4.07. The highest BCUT2D eigenvalue weighted by Gasteiger charge is 2.31. The number of nitrogens with zero attached hydrogens (tertiary/aromatic N) is 1. The van der Waals surface area contributed by atoms with E-state index in [1.54, 1.807) is 48.5 Å². The summed E-state index contributed by atoms with van der Waals surface area (Å²) >= 11 is 0. The predicted octanol–water partition coefficient (Wildman–Crippen LogP) is 5.68. The second-order valence-electron chi connectivity index (χ2n) is 7.52. The van der Waals surface area contributed by atoms with Crippen molar-refractivity contribution in [2.75, 3.05) is 4.31 Å². The molecule has 0 fully saturated rings. The van der Waals surface area contributed by atoms with Crippen molar-refractivity contribution in [1.82, 2.24) is 0 Å². The highest BCUT2D eigenvalue weighted by atomic mass is 32.2. The second kappa shape index (κ2) is 9.26. The number of hydrogen-bond donors (Lipinski definition) is 0. The second-order valence-corrected chi connectivity index (χ2v) is 9.31. The lowest BCUT2D eigenvalue weighted by molar-refractivity contribution is 0.101. The lowest BCUT2D eigenvalue weighted by Gasteiger charge is -2.23. The maximum absolute atomic E-state index is 13.5. The van der Waals surface area contributed by atoms with Crippen molar-refractivity contribution < 1.29 is 13.2 Å². The van der Waals surface area contributed by atoms with Gasteiger partial charge < -0.3 is 0 Å². The fraction of sp³-hybridized carbons (Fsp3) is 0.240. The van der Waals surface area contributed by atoms with Gasteiger partial charge in [0.05, 0.1) is 10.6 Å². The first-order valence-electron chi connectivity index (χ1n) is 10.1. The molecule has 0 saturated heterocycles. The molecule has 0 radical (unpaired) electrons. The van der Waals surface area contributed by atoms with Crippen molar-refractivity contribution >= 4 is 21.6 Å². The molecule has 30 heavy (non-hydrogen) atoms. The number of sulfonamides is 1. The largest absolute Gasteiger partial charge is 0.272 e. The van der Waals surface area contributed by atoms with E-state index in [-0.39, 0.29) is 4.90 Å². The van der Waals surface area contributed by atoms with E-state index in [0.29, 0.717) is 11.3 Å². The Morgan fingerprint density at radius 2 is 1.33 bits per heavy atom. The van der Waals surface area contributed by atoms with Crippen LogP contribution in [0.1, 0.15) is 46.8 Å². The quantitative estimate of drug-likeness (QED) is 0.493. The summed E-state index contributed by atoms with van der Waals surface area (Å²) in [5.74, 6) is -0.572. The minimum absolute atomic E-state index is 0.0867. The van der Waals surface area contributed by atoms with E-state index in [2.05, 4.69) is 6.92 Å². The van der Waals surface area contributed by atoms with E-state index in [9.17, 15) is 13.2 Å². The smallest absolute Gasteiger partial charge is 0.268 e. The molecule has 3 aromatic rings. The van der Waals surface area contributed by atoms with Crippen LogP contribution in [-0.2, 0) is 16.4 Å². The molecule has 5 heteroatoms. The summed E-state index contributed by atoms with van der Waals surface area (Å²) in [6, 6.07) is 20.7. The molecule has 0 spiro atoms. The van der Waals surface area contributed by atoms with Crippen LogP contribution in [0.15, 0.2) is 77.7 Å². The van der Waals surface area contributed by atoms with Crippen LogP contribution in [0.25, 0.3) is 0 Å². The number of hydrogen-bond acceptors (Lipinski definition) is 3. The van der Waals surface area contributed by atoms with Crippen molar-refractivity contribution in [2.45, 2.75) is 44.9 Å². The lowest BCUT2D eigenvalue weighted by atomic mass is 10.1. The van der Waals surface area contributed by atoms with Crippen LogP contribution in [0.2, 0.25) is 0 Å². The van der Waals surface area contributed by atoms with Gasteiger partial charge in [-0.1, -0.05) is 60.9 Å². The minimum Gasteiger partial charge on any atom is -0.268 e. The first-order chi connectivity index (χ1) is 14.3. The average Bonchev–Trinajstić information content (AvgIpc) is 2.74. The molecule has 156 valence electrons. The van der Waals surface area contributed by atoms with Gasteiger partial charge in [-0.15, -0.1) is 0 Å². The van der Waals surface area contributed by atoms with Crippen molar-refractivity contribution in [3.63, 3.8) is 0 Å². The van der Waals surface area contributed by atoms with Crippen LogP contribution in [0.4, 0.5) is 5.69 Å². The van der Waals surface area contributed by atoms with Crippen LogP contribution in [-0.4, -0.2) is 14.3 Å². The number of amides is 1. The molecule has 3 aromatic carbocycles. The Labute approximate surface area is 179 Å². The highest BCUT2D eigenvalue weighted by molar-refractivity contribution is 7.93. The average molecular weight is 422 g/mol. The van der Waals surface area contributed by atoms with Gasteiger partial charge in [-0.2, -0.15) is 4.31 Å². The molecule has 0 heterocycles. The Hall–Kier alpha value is -2.92. The van der Waals surface area contributed by atoms with Gasteiger partial charge in [0.15, 0.2) is 0 Å². The number of rotatable bonds is 7. The van der Waals surface area contributed by atoms with Gasteiger partial charge >= 0.3 is 0 Å². The zero-order valence-corrected chi connectivity index (χ0v) is 18.4. The van der Waals surface area contributed by atoms with Crippen molar-refractivity contribution in [3.05, 3.63) is 95.1 Å². The first kappa shape index (κ1) is 21.8. The van der Waals surface area contributed by atoms with Crippen LogP contribution in [0.3, 0.4) is 0 Å². The molecule has 0 aliphatic rings. The Kier molecular flexibility index (Phi) is 6.73. The molecule has 0 aliphatic carbocycles. The van der Waals surface area contributed by atoms with Gasteiger partial charge in [0, 0.05) is 5.56 Å². The molecule has 3 rings (SSSR count). The Morgan fingerprint density at radius 1 is 0.800 bits per heavy atom. The highest BCUT2D eigenvalue weighted by Crippen LogP contribution is 2.27. The van der Waals surface area contributed by atoms with E-state index >= 15 is 0 Å². The third-order valence-corrected chi connectivity index (χ3v) is 6.76. The summed E-state index contributed by atoms with van der Waals surface area (Å²) in [5, 5.41) is 0. The molecule has 0 unspecified atom stereocenters. The molecule has 0 aromatic heterocycles. The van der Waals surface area contributed by atoms with Crippen LogP contribution < -0.4 is 4.31 Å². The fourth-order valence-corrected chi connectivity index (χ4v) is 4.59. The number of unbranched alkanes of at least 4 members (excludes halogenated alkanes) is 1. The topological polar surface area (TPSA) is 54.5 Å². The maximum atomic E-state index is 13.5. The fourth-order valence-electron chi connectivity index (χ4n) is 3.17. The third kappa shape index (κ3) is 4.79. The van der Waals surface area contributed by atoms with Crippen molar-refractivity contribution in [3.8, 4) is 0 Å². The summed E-state index contributed by atoms with van der Waals surface area (Å²) in [6.45, 7) is 5.94. The molecule has 0 atom stereocenters. The van der Waals surface area contributed by atoms with Crippen LogP contribution >= 0.6 is 0 Å². The van der Waals surface area contributed by atoms with Gasteiger partial charge in [-0.3, -0.25) is 4.79 Å². The monoisotopic (exact) mass is 421 g/mol. The summed E-state index contributed by atoms with van der Waals surface area (Å²) in [6.07, 6.45) is 3.07. The molecule has 4 nitrogen and oxygen atoms in total. The summed E-state index contributed by atoms with van der Waals surface area (Å²) < 4.78 is 27.9. The van der Waals surface area contributed by atoms with Gasteiger partial charge in [0.2, 0.25) is 0 Å². The van der Waals surface area contributed by atoms with Gasteiger partial charge in [0.25, 0.3) is 15.9 Å². The molecular weight excluding hydrogens is 394 g/mol. The zero-order chi connectivity index (χ0) is 21.7. The van der Waals surface area contributed by atoms with E-state index < -0.39 is 15.9 Å². The predicted molar refractivity (Wildman–Crippen MR) is 121 cm³/mol. The van der Waals surface area contributed by atoms with E-state index in [1.807, 2.05) is 26.0 Å². The minimum atomic E-state index is -4.07. The number of carbonyl (C=O) groups is 1. The van der Waals surface area contributed by atoms with Crippen molar-refractivity contribution in [2.24, 2.45) is 0 Å². The molecule has 1 amide bonds. The standard InChI is InChI=1S/C25H27NO3S/c1-4-5-6-21-11-15-23(16-12-21)26(25(27)22-13-7-19(2)8-14-22)30(28,29)24-17-9-20(3)10-18-24/h7-18H,4-6H2,1-3H3. The van der Waals surface area contributed by atoms with Gasteiger partial charge in [0.1, 0.15) is 0 Å². The zero-order valence-electron chi connectivity index (χ0n) is 17.6. The third-order valence-electron chi connectivity index (χ3n) is 5.03. The normalized spacial score (nSPS) is 11.3. The molecule has 0 aliphatic heterocycles. The van der Waals surface area contributed by atoms with Crippen LogP contribution in [0.5, 0.6) is 0 Å². The molecule has 0 N–H and O–H groups in total. The molecular formula is C25H27NO3S. The summed E-state index contributed by atoms with van der Waals surface area (Å²) in [4.78, 5) is 13.4. The maximum Gasteiger partial charge on any atom is 0.272 e. The number of carbonyl (C=O) groups excluding carboxylic acids is 1. The molecule has 0 bridgehead atoms. The Bertz CT molecular complexity index is 1100. The van der Waals surface area contributed by atoms with Gasteiger partial charge in [-0.25, -0.2) is 8.42 Å². The van der Waals surface area contributed by atoms with Gasteiger partial charge in [-0.05, 0) is 68.7 Å². The number of aryl methyl sites for hydroxylation is 3. The first-order valence-corrected chi connectivity index (χ1v) is 11.6. The van der Waals surface area contributed by atoms with Crippen molar-refractivity contribution in [1.29, 1.82) is 0 Å². The van der Waals surface area contributed by atoms with Crippen LogP contribution in [0, 0.1) is 13.8 Å². The Morgan fingerprint density at radius 3 is 1.87 bits per heavy atom. The number of benzene rings is 3. The molecule has 0 saturated carbocycles. The SMILES string of the molecule is CCCCc1ccc(N(C(=O)c2ccc(C)cc2)S(=O)(=O)c2ccc(C)cc2)cc1. The van der Waals surface area contributed by atoms with E-state index in [1.165, 1.54) is 12.1 Å².